The summed E-state index contributed by atoms with van der Waals surface area (Å²) in [5.41, 5.74) is 0.946. The SMILES string of the molecule is CN1C2CCC1CC(NC(=O)/C=C/c1cccc(Oc3ccccc3)c1)C2. The number of para-hydroxylation sites is 1. The zero-order chi connectivity index (χ0) is 18.6. The predicted molar refractivity (Wildman–Crippen MR) is 108 cm³/mol. The fraction of sp³-hybridized carbons (Fsp3) is 0.348. The van der Waals surface area contributed by atoms with Crippen LogP contribution in [0, 0.1) is 0 Å². The molecule has 140 valence electrons. The molecule has 2 aliphatic heterocycles. The number of hydrogen-bond acceptors (Lipinski definition) is 3. The number of nitrogens with one attached hydrogen (secondary N) is 1. The van der Waals surface area contributed by atoms with E-state index in [1.807, 2.05) is 60.7 Å². The van der Waals surface area contributed by atoms with E-state index in [-0.39, 0.29) is 5.91 Å². The average Bonchev–Trinajstić information content (AvgIpc) is 2.89. The number of carbonyl (C=O) groups is 1. The van der Waals surface area contributed by atoms with Crippen LogP contribution in [0.5, 0.6) is 11.5 Å². The molecule has 0 saturated carbocycles. The summed E-state index contributed by atoms with van der Waals surface area (Å²) in [6.45, 7) is 0. The molecule has 0 aliphatic carbocycles. The van der Waals surface area contributed by atoms with Crippen LogP contribution in [0.4, 0.5) is 0 Å². The van der Waals surface area contributed by atoms with Crippen molar-refractivity contribution in [3.8, 4) is 11.5 Å². The number of piperidine rings is 1. The van der Waals surface area contributed by atoms with E-state index in [1.54, 1.807) is 6.08 Å². The van der Waals surface area contributed by atoms with Crippen molar-refractivity contribution in [2.24, 2.45) is 0 Å². The number of hydrogen-bond donors (Lipinski definition) is 1. The number of rotatable bonds is 5. The normalized spacial score (nSPS) is 24.9. The molecule has 2 aliphatic rings. The lowest BCUT2D eigenvalue weighted by Crippen LogP contribution is -2.48. The van der Waals surface area contributed by atoms with Gasteiger partial charge in [-0.05, 0) is 68.6 Å². The minimum Gasteiger partial charge on any atom is -0.457 e. The van der Waals surface area contributed by atoms with Crippen LogP contribution in [0.25, 0.3) is 6.08 Å². The number of fused-ring (bicyclic) bond motifs is 2. The maximum Gasteiger partial charge on any atom is 0.244 e. The van der Waals surface area contributed by atoms with Crippen molar-refractivity contribution < 1.29 is 9.53 Å². The summed E-state index contributed by atoms with van der Waals surface area (Å²) >= 11 is 0. The molecule has 4 nitrogen and oxygen atoms in total. The largest absolute Gasteiger partial charge is 0.457 e. The van der Waals surface area contributed by atoms with E-state index < -0.39 is 0 Å². The van der Waals surface area contributed by atoms with Crippen molar-refractivity contribution in [2.75, 3.05) is 7.05 Å². The van der Waals surface area contributed by atoms with E-state index in [9.17, 15) is 4.79 Å². The van der Waals surface area contributed by atoms with Crippen molar-refractivity contribution in [1.29, 1.82) is 0 Å². The van der Waals surface area contributed by atoms with E-state index >= 15 is 0 Å². The van der Waals surface area contributed by atoms with Crippen LogP contribution in [-0.4, -0.2) is 36.0 Å². The monoisotopic (exact) mass is 362 g/mol. The summed E-state index contributed by atoms with van der Waals surface area (Å²) in [6, 6.07) is 19.0. The second-order valence-corrected chi connectivity index (χ2v) is 7.55. The molecule has 0 aromatic heterocycles. The first kappa shape index (κ1) is 17.8. The highest BCUT2D eigenvalue weighted by Crippen LogP contribution is 2.34. The molecule has 2 saturated heterocycles. The summed E-state index contributed by atoms with van der Waals surface area (Å²) < 4.78 is 5.85. The second-order valence-electron chi connectivity index (χ2n) is 7.55. The van der Waals surface area contributed by atoms with Gasteiger partial charge < -0.3 is 15.0 Å². The summed E-state index contributed by atoms with van der Waals surface area (Å²) in [5, 5.41) is 3.18. The van der Waals surface area contributed by atoms with Crippen LogP contribution in [0.15, 0.2) is 60.7 Å². The summed E-state index contributed by atoms with van der Waals surface area (Å²) in [6.07, 6.45) is 8.12. The lowest BCUT2D eigenvalue weighted by molar-refractivity contribution is -0.117. The molecule has 2 fully saturated rings. The summed E-state index contributed by atoms with van der Waals surface area (Å²) in [5.74, 6) is 1.54. The van der Waals surface area contributed by atoms with Gasteiger partial charge in [-0.15, -0.1) is 0 Å². The number of benzene rings is 2. The predicted octanol–water partition coefficient (Wildman–Crippen LogP) is 4.23. The van der Waals surface area contributed by atoms with Crippen molar-refractivity contribution in [1.82, 2.24) is 10.2 Å². The average molecular weight is 362 g/mol. The first-order chi connectivity index (χ1) is 13.2. The van der Waals surface area contributed by atoms with Gasteiger partial charge in [-0.1, -0.05) is 30.3 Å². The molecule has 4 rings (SSSR count). The molecule has 2 bridgehead atoms. The number of carbonyl (C=O) groups excluding carboxylic acids is 1. The lowest BCUT2D eigenvalue weighted by atomic mass is 9.98. The highest BCUT2D eigenvalue weighted by molar-refractivity contribution is 5.92. The standard InChI is InChI=1S/C23H26N2O2/c1-25-19-11-12-20(25)16-18(15-19)24-23(26)13-10-17-6-5-9-22(14-17)27-21-7-3-2-4-8-21/h2-10,13-14,18-20H,11-12,15-16H2,1H3,(H,24,26)/b13-10+. The Labute approximate surface area is 160 Å². The maximum atomic E-state index is 12.3. The van der Waals surface area contributed by atoms with E-state index in [4.69, 9.17) is 4.74 Å². The van der Waals surface area contributed by atoms with Gasteiger partial charge in [0.05, 0.1) is 0 Å². The van der Waals surface area contributed by atoms with Crippen LogP contribution >= 0.6 is 0 Å². The van der Waals surface area contributed by atoms with Crippen LogP contribution in [0.2, 0.25) is 0 Å². The van der Waals surface area contributed by atoms with E-state index in [2.05, 4.69) is 17.3 Å². The molecule has 2 aromatic rings. The van der Waals surface area contributed by atoms with Crippen molar-refractivity contribution in [3.63, 3.8) is 0 Å². The van der Waals surface area contributed by atoms with Crippen molar-refractivity contribution in [2.45, 2.75) is 43.8 Å². The molecule has 2 unspecified atom stereocenters. The molecule has 1 amide bonds. The third-order valence-electron chi connectivity index (χ3n) is 5.71. The Hall–Kier alpha value is -2.59. The summed E-state index contributed by atoms with van der Waals surface area (Å²) in [4.78, 5) is 14.8. The minimum absolute atomic E-state index is 0.0154. The van der Waals surface area contributed by atoms with Gasteiger partial charge in [0.1, 0.15) is 11.5 Å². The first-order valence-electron chi connectivity index (χ1n) is 9.71. The van der Waals surface area contributed by atoms with Gasteiger partial charge in [0.25, 0.3) is 0 Å². The van der Waals surface area contributed by atoms with E-state index in [1.165, 1.54) is 12.8 Å². The topological polar surface area (TPSA) is 41.6 Å². The molecular weight excluding hydrogens is 336 g/mol. The van der Waals surface area contributed by atoms with Crippen LogP contribution in [0.1, 0.15) is 31.2 Å². The molecular formula is C23H26N2O2. The maximum absolute atomic E-state index is 12.3. The van der Waals surface area contributed by atoms with Gasteiger partial charge in [-0.25, -0.2) is 0 Å². The molecule has 4 heteroatoms. The van der Waals surface area contributed by atoms with E-state index in [0.29, 0.717) is 18.1 Å². The highest BCUT2D eigenvalue weighted by atomic mass is 16.5. The molecule has 1 N–H and O–H groups in total. The molecule has 2 aromatic carbocycles. The Morgan fingerprint density at radius 2 is 1.74 bits per heavy atom. The Morgan fingerprint density at radius 3 is 2.48 bits per heavy atom. The molecule has 2 atom stereocenters. The Morgan fingerprint density at radius 1 is 1.04 bits per heavy atom. The van der Waals surface area contributed by atoms with Crippen LogP contribution in [0.3, 0.4) is 0 Å². The van der Waals surface area contributed by atoms with Gasteiger partial charge in [-0.2, -0.15) is 0 Å². The number of amides is 1. The number of ether oxygens (including phenoxy) is 1. The van der Waals surface area contributed by atoms with Gasteiger partial charge in [-0.3, -0.25) is 4.79 Å². The lowest BCUT2D eigenvalue weighted by Gasteiger charge is -2.36. The zero-order valence-electron chi connectivity index (χ0n) is 15.7. The fourth-order valence-electron chi connectivity index (χ4n) is 4.26. The molecule has 27 heavy (non-hydrogen) atoms. The van der Waals surface area contributed by atoms with Crippen molar-refractivity contribution in [3.05, 3.63) is 66.2 Å². The van der Waals surface area contributed by atoms with Crippen LogP contribution < -0.4 is 10.1 Å². The Balaban J connectivity index is 1.34. The van der Waals surface area contributed by atoms with Crippen molar-refractivity contribution >= 4 is 12.0 Å². The van der Waals surface area contributed by atoms with E-state index in [0.717, 1.165) is 29.9 Å². The van der Waals surface area contributed by atoms with Gasteiger partial charge in [0.2, 0.25) is 5.91 Å². The Bertz CT molecular complexity index is 804. The zero-order valence-corrected chi connectivity index (χ0v) is 15.7. The number of nitrogens with zero attached hydrogens (tertiary/aromatic N) is 1. The fourth-order valence-corrected chi connectivity index (χ4v) is 4.26. The molecule has 2 heterocycles. The highest BCUT2D eigenvalue weighted by Gasteiger charge is 2.38. The molecule has 0 radical (unpaired) electrons. The Kier molecular flexibility index (Phi) is 5.26. The van der Waals surface area contributed by atoms with Gasteiger partial charge in [0.15, 0.2) is 0 Å². The molecule has 0 spiro atoms. The smallest absolute Gasteiger partial charge is 0.244 e. The first-order valence-corrected chi connectivity index (χ1v) is 9.71. The third-order valence-corrected chi connectivity index (χ3v) is 5.71. The minimum atomic E-state index is -0.0154. The van der Waals surface area contributed by atoms with Gasteiger partial charge >= 0.3 is 0 Å². The second kappa shape index (κ2) is 7.97. The van der Waals surface area contributed by atoms with Gasteiger partial charge in [0, 0.05) is 24.2 Å². The third kappa shape index (κ3) is 4.40. The quantitative estimate of drug-likeness (QED) is 0.809. The van der Waals surface area contributed by atoms with Crippen LogP contribution in [-0.2, 0) is 4.79 Å². The summed E-state index contributed by atoms with van der Waals surface area (Å²) in [7, 11) is 2.21.